The number of carbonyl (C=O) groups excluding carboxylic acids is 2. The van der Waals surface area contributed by atoms with E-state index < -0.39 is 0 Å². The number of hydrogen-bond acceptors (Lipinski definition) is 5. The first-order chi connectivity index (χ1) is 15.6. The van der Waals surface area contributed by atoms with Crippen molar-refractivity contribution in [2.24, 2.45) is 0 Å². The summed E-state index contributed by atoms with van der Waals surface area (Å²) in [5, 5.41) is 3.17. The van der Waals surface area contributed by atoms with Crippen molar-refractivity contribution in [1.29, 1.82) is 0 Å². The van der Waals surface area contributed by atoms with Crippen LogP contribution in [0, 0.1) is 6.92 Å². The van der Waals surface area contributed by atoms with Gasteiger partial charge in [-0.05, 0) is 54.4 Å². The number of carbonyl (C=O) groups is 2. The number of methoxy groups -OCH3 is 1. The van der Waals surface area contributed by atoms with E-state index in [2.05, 4.69) is 5.32 Å². The van der Waals surface area contributed by atoms with Crippen molar-refractivity contribution in [1.82, 2.24) is 4.90 Å². The van der Waals surface area contributed by atoms with Gasteiger partial charge in [0.15, 0.2) is 0 Å². The molecule has 1 aliphatic heterocycles. The first-order valence-corrected chi connectivity index (χ1v) is 10.3. The molecule has 0 spiro atoms. The van der Waals surface area contributed by atoms with Gasteiger partial charge in [0.05, 0.1) is 19.2 Å². The van der Waals surface area contributed by atoms with E-state index in [-0.39, 0.29) is 30.7 Å². The SMILES string of the molecule is COc1ccc(OCCN2C(=O)C(Nc3cccc(C)c3)=C(c3ccccc3)C2=O)cc1. The van der Waals surface area contributed by atoms with E-state index in [0.717, 1.165) is 17.0 Å². The quantitative estimate of drug-likeness (QED) is 0.543. The lowest BCUT2D eigenvalue weighted by Crippen LogP contribution is -2.36. The van der Waals surface area contributed by atoms with Crippen LogP contribution in [0.25, 0.3) is 5.57 Å². The highest BCUT2D eigenvalue weighted by atomic mass is 16.5. The molecule has 6 heteroatoms. The molecule has 6 nitrogen and oxygen atoms in total. The van der Waals surface area contributed by atoms with Crippen molar-refractivity contribution in [2.75, 3.05) is 25.6 Å². The van der Waals surface area contributed by atoms with Crippen molar-refractivity contribution in [3.63, 3.8) is 0 Å². The first-order valence-electron chi connectivity index (χ1n) is 10.3. The molecule has 3 aromatic rings. The Morgan fingerprint density at radius 1 is 0.844 bits per heavy atom. The number of hydrogen-bond donors (Lipinski definition) is 1. The van der Waals surface area contributed by atoms with E-state index in [0.29, 0.717) is 16.9 Å². The number of amides is 2. The van der Waals surface area contributed by atoms with Gasteiger partial charge in [0.1, 0.15) is 23.8 Å². The maximum Gasteiger partial charge on any atom is 0.278 e. The molecule has 3 aromatic carbocycles. The van der Waals surface area contributed by atoms with Gasteiger partial charge in [-0.3, -0.25) is 14.5 Å². The lowest BCUT2D eigenvalue weighted by atomic mass is 10.0. The average Bonchev–Trinajstić information content (AvgIpc) is 3.04. The van der Waals surface area contributed by atoms with Gasteiger partial charge in [-0.2, -0.15) is 0 Å². The molecule has 0 aromatic heterocycles. The summed E-state index contributed by atoms with van der Waals surface area (Å²) in [7, 11) is 1.60. The topological polar surface area (TPSA) is 67.9 Å². The molecular weight excluding hydrogens is 404 g/mol. The zero-order valence-electron chi connectivity index (χ0n) is 18.0. The van der Waals surface area contributed by atoms with Crippen LogP contribution in [0.2, 0.25) is 0 Å². The maximum atomic E-state index is 13.2. The van der Waals surface area contributed by atoms with Crippen LogP contribution in [0.3, 0.4) is 0 Å². The van der Waals surface area contributed by atoms with E-state index in [4.69, 9.17) is 9.47 Å². The number of nitrogens with zero attached hydrogens (tertiary/aromatic N) is 1. The largest absolute Gasteiger partial charge is 0.497 e. The third-order valence-corrected chi connectivity index (χ3v) is 5.16. The summed E-state index contributed by atoms with van der Waals surface area (Å²) in [6, 6.07) is 24.1. The van der Waals surface area contributed by atoms with Crippen LogP contribution in [-0.2, 0) is 9.59 Å². The minimum Gasteiger partial charge on any atom is -0.497 e. The van der Waals surface area contributed by atoms with Gasteiger partial charge in [-0.15, -0.1) is 0 Å². The second-order valence-electron chi connectivity index (χ2n) is 7.40. The second kappa shape index (κ2) is 9.39. The normalized spacial score (nSPS) is 13.5. The molecule has 0 radical (unpaired) electrons. The molecular formula is C26H24N2O4. The Balaban J connectivity index is 1.54. The Morgan fingerprint density at radius 3 is 2.25 bits per heavy atom. The van der Waals surface area contributed by atoms with Gasteiger partial charge in [0, 0.05) is 5.69 Å². The Labute approximate surface area is 187 Å². The van der Waals surface area contributed by atoms with Gasteiger partial charge < -0.3 is 14.8 Å². The van der Waals surface area contributed by atoms with Crippen LogP contribution in [0.1, 0.15) is 11.1 Å². The molecule has 162 valence electrons. The summed E-state index contributed by atoms with van der Waals surface area (Å²) in [4.78, 5) is 27.7. The Morgan fingerprint density at radius 2 is 1.56 bits per heavy atom. The fourth-order valence-electron chi connectivity index (χ4n) is 3.56. The van der Waals surface area contributed by atoms with Crippen LogP contribution < -0.4 is 14.8 Å². The first kappa shape index (κ1) is 21.2. The predicted octanol–water partition coefficient (Wildman–Crippen LogP) is 4.27. The average molecular weight is 428 g/mol. The Kier molecular flexibility index (Phi) is 6.22. The highest BCUT2D eigenvalue weighted by Crippen LogP contribution is 2.30. The summed E-state index contributed by atoms with van der Waals surface area (Å²) in [5.41, 5.74) is 3.14. The van der Waals surface area contributed by atoms with Crippen molar-refractivity contribution in [3.05, 3.63) is 95.7 Å². The summed E-state index contributed by atoms with van der Waals surface area (Å²) in [5.74, 6) is 0.661. The number of aryl methyl sites for hydroxylation is 1. The highest BCUT2D eigenvalue weighted by molar-refractivity contribution is 6.36. The third kappa shape index (κ3) is 4.49. The van der Waals surface area contributed by atoms with Crippen LogP contribution in [0.5, 0.6) is 11.5 Å². The molecule has 32 heavy (non-hydrogen) atoms. The number of nitrogens with one attached hydrogen (secondary N) is 1. The van der Waals surface area contributed by atoms with Crippen LogP contribution in [0.4, 0.5) is 5.69 Å². The molecule has 0 aliphatic carbocycles. The minimum absolute atomic E-state index is 0.138. The molecule has 1 heterocycles. The number of anilines is 1. The molecule has 1 aliphatic rings. The van der Waals surface area contributed by atoms with Crippen LogP contribution in [0.15, 0.2) is 84.6 Å². The molecule has 2 amide bonds. The van der Waals surface area contributed by atoms with E-state index in [1.807, 2.05) is 61.5 Å². The summed E-state index contributed by atoms with van der Waals surface area (Å²) >= 11 is 0. The summed E-state index contributed by atoms with van der Waals surface area (Å²) in [6.07, 6.45) is 0. The van der Waals surface area contributed by atoms with E-state index in [1.54, 1.807) is 31.4 Å². The number of imide groups is 1. The molecule has 0 fully saturated rings. The smallest absolute Gasteiger partial charge is 0.278 e. The van der Waals surface area contributed by atoms with Gasteiger partial charge in [-0.1, -0.05) is 42.5 Å². The molecule has 0 unspecified atom stereocenters. The fraction of sp³-hybridized carbons (Fsp3) is 0.154. The Hall–Kier alpha value is -4.06. The third-order valence-electron chi connectivity index (χ3n) is 5.16. The van der Waals surface area contributed by atoms with Crippen LogP contribution in [-0.4, -0.2) is 37.0 Å². The second-order valence-corrected chi connectivity index (χ2v) is 7.40. The van der Waals surface area contributed by atoms with Crippen molar-refractivity contribution >= 4 is 23.1 Å². The lowest BCUT2D eigenvalue weighted by Gasteiger charge is -2.16. The monoisotopic (exact) mass is 428 g/mol. The molecule has 4 rings (SSSR count). The van der Waals surface area contributed by atoms with Crippen molar-refractivity contribution in [3.8, 4) is 11.5 Å². The van der Waals surface area contributed by atoms with Gasteiger partial charge in [-0.25, -0.2) is 0 Å². The predicted molar refractivity (Wildman–Crippen MR) is 123 cm³/mol. The summed E-state index contributed by atoms with van der Waals surface area (Å²) < 4.78 is 10.9. The molecule has 0 atom stereocenters. The standard InChI is InChI=1S/C26H24N2O4/c1-18-7-6-10-20(17-18)27-24-23(19-8-4-3-5-9-19)25(29)28(26(24)30)15-16-32-22-13-11-21(31-2)12-14-22/h3-14,17,27H,15-16H2,1-2H3. The zero-order chi connectivity index (χ0) is 22.5. The van der Waals surface area contributed by atoms with Crippen LogP contribution >= 0.6 is 0 Å². The van der Waals surface area contributed by atoms with Crippen molar-refractivity contribution < 1.29 is 19.1 Å². The Bertz CT molecular complexity index is 1150. The highest BCUT2D eigenvalue weighted by Gasteiger charge is 2.39. The fourth-order valence-corrected chi connectivity index (χ4v) is 3.56. The lowest BCUT2D eigenvalue weighted by molar-refractivity contribution is -0.137. The molecule has 0 bridgehead atoms. The molecule has 1 N–H and O–H groups in total. The molecule has 0 saturated heterocycles. The van der Waals surface area contributed by atoms with Gasteiger partial charge >= 0.3 is 0 Å². The molecule has 0 saturated carbocycles. The number of ether oxygens (including phenoxy) is 2. The number of benzene rings is 3. The maximum absolute atomic E-state index is 13.2. The van der Waals surface area contributed by atoms with E-state index in [9.17, 15) is 9.59 Å². The summed E-state index contributed by atoms with van der Waals surface area (Å²) in [6.45, 7) is 2.30. The number of rotatable bonds is 8. The van der Waals surface area contributed by atoms with Gasteiger partial charge in [0.25, 0.3) is 11.8 Å². The van der Waals surface area contributed by atoms with Crippen molar-refractivity contribution in [2.45, 2.75) is 6.92 Å². The van der Waals surface area contributed by atoms with E-state index >= 15 is 0 Å². The zero-order valence-corrected chi connectivity index (χ0v) is 18.0. The van der Waals surface area contributed by atoms with E-state index in [1.165, 1.54) is 4.90 Å². The minimum atomic E-state index is -0.367. The van der Waals surface area contributed by atoms with Gasteiger partial charge in [0.2, 0.25) is 0 Å².